The molecule has 3 aromatic carbocycles. The minimum Gasteiger partial charge on any atom is -0.496 e. The summed E-state index contributed by atoms with van der Waals surface area (Å²) in [5, 5.41) is 10.1. The summed E-state index contributed by atoms with van der Waals surface area (Å²) < 4.78 is 7.43. The number of ketones is 1. The molecule has 4 aromatic rings. The molecule has 0 atom stereocenters. The summed E-state index contributed by atoms with van der Waals surface area (Å²) in [6.07, 6.45) is 0. The maximum absolute atomic E-state index is 12.7. The standard InChI is InChI=1S/C23H17Cl2N3O2S/c1-30-21-10-6-5-9-17(21)22-26-27-23(28(22)16-7-3-2-4-8-16)31-14-20(29)15-11-12-18(24)19(25)13-15/h2-13H,14H2,1H3. The van der Waals surface area contributed by atoms with E-state index in [0.717, 1.165) is 11.3 Å². The predicted molar refractivity (Wildman–Crippen MR) is 125 cm³/mol. The van der Waals surface area contributed by atoms with Gasteiger partial charge in [0.1, 0.15) is 5.75 Å². The molecule has 0 saturated heterocycles. The number of para-hydroxylation sites is 2. The highest BCUT2D eigenvalue weighted by Gasteiger charge is 2.20. The van der Waals surface area contributed by atoms with E-state index in [0.29, 0.717) is 32.3 Å². The third-order valence-corrected chi connectivity index (χ3v) is 6.24. The van der Waals surface area contributed by atoms with Gasteiger partial charge in [-0.1, -0.05) is 65.3 Å². The van der Waals surface area contributed by atoms with Gasteiger partial charge in [-0.2, -0.15) is 0 Å². The number of carbonyl (C=O) groups excluding carboxylic acids is 1. The first-order valence-electron chi connectivity index (χ1n) is 9.33. The summed E-state index contributed by atoms with van der Waals surface area (Å²) in [6, 6.07) is 22.2. The van der Waals surface area contributed by atoms with Gasteiger partial charge in [0.2, 0.25) is 0 Å². The molecule has 0 amide bonds. The van der Waals surface area contributed by atoms with E-state index >= 15 is 0 Å². The van der Waals surface area contributed by atoms with Crippen molar-refractivity contribution in [1.29, 1.82) is 0 Å². The molecule has 0 saturated carbocycles. The first-order chi connectivity index (χ1) is 15.1. The van der Waals surface area contributed by atoms with Crippen molar-refractivity contribution in [3.63, 3.8) is 0 Å². The Labute approximate surface area is 194 Å². The number of rotatable bonds is 7. The first-order valence-corrected chi connectivity index (χ1v) is 11.1. The second-order valence-electron chi connectivity index (χ2n) is 6.52. The predicted octanol–water partition coefficient (Wildman–Crippen LogP) is 6.22. The summed E-state index contributed by atoms with van der Waals surface area (Å²) >= 11 is 13.3. The lowest BCUT2D eigenvalue weighted by molar-refractivity contribution is 0.102. The topological polar surface area (TPSA) is 57.0 Å². The zero-order chi connectivity index (χ0) is 21.8. The van der Waals surface area contributed by atoms with Crippen LogP contribution in [-0.2, 0) is 0 Å². The molecule has 0 aliphatic heterocycles. The van der Waals surface area contributed by atoms with Crippen LogP contribution >= 0.6 is 35.0 Å². The van der Waals surface area contributed by atoms with Gasteiger partial charge in [0.05, 0.1) is 28.5 Å². The molecule has 1 aromatic heterocycles. The molecular formula is C23H17Cl2N3O2S. The Morgan fingerprint density at radius 2 is 1.71 bits per heavy atom. The van der Waals surface area contributed by atoms with Gasteiger partial charge in [-0.25, -0.2) is 0 Å². The van der Waals surface area contributed by atoms with E-state index in [4.69, 9.17) is 27.9 Å². The Bertz CT molecular complexity index is 1230. The molecule has 31 heavy (non-hydrogen) atoms. The second kappa shape index (κ2) is 9.56. The van der Waals surface area contributed by atoms with Crippen LogP contribution in [0.3, 0.4) is 0 Å². The Morgan fingerprint density at radius 3 is 2.45 bits per heavy atom. The van der Waals surface area contributed by atoms with Crippen molar-refractivity contribution in [2.24, 2.45) is 0 Å². The first kappa shape index (κ1) is 21.4. The van der Waals surface area contributed by atoms with Gasteiger partial charge in [-0.15, -0.1) is 10.2 Å². The highest BCUT2D eigenvalue weighted by atomic mass is 35.5. The lowest BCUT2D eigenvalue weighted by Crippen LogP contribution is -2.05. The smallest absolute Gasteiger partial charge is 0.196 e. The molecule has 0 aliphatic rings. The number of nitrogens with zero attached hydrogens (tertiary/aromatic N) is 3. The van der Waals surface area contributed by atoms with Crippen LogP contribution in [0.25, 0.3) is 17.1 Å². The van der Waals surface area contributed by atoms with Crippen molar-refractivity contribution in [3.05, 3.63) is 88.4 Å². The zero-order valence-electron chi connectivity index (χ0n) is 16.5. The third kappa shape index (κ3) is 4.61. The molecule has 0 aliphatic carbocycles. The SMILES string of the molecule is COc1ccccc1-c1nnc(SCC(=O)c2ccc(Cl)c(Cl)c2)n1-c1ccccc1. The van der Waals surface area contributed by atoms with Gasteiger partial charge < -0.3 is 4.74 Å². The summed E-state index contributed by atoms with van der Waals surface area (Å²) in [6.45, 7) is 0. The minimum absolute atomic E-state index is 0.0787. The molecule has 1 heterocycles. The number of hydrogen-bond donors (Lipinski definition) is 0. The van der Waals surface area contributed by atoms with E-state index in [2.05, 4.69) is 10.2 Å². The number of thioether (sulfide) groups is 1. The summed E-state index contributed by atoms with van der Waals surface area (Å²) in [5.41, 5.74) is 2.19. The Morgan fingerprint density at radius 1 is 0.968 bits per heavy atom. The van der Waals surface area contributed by atoms with Crippen LogP contribution in [0.15, 0.2) is 78.0 Å². The van der Waals surface area contributed by atoms with E-state index in [1.807, 2.05) is 59.2 Å². The van der Waals surface area contributed by atoms with Gasteiger partial charge in [-0.05, 0) is 42.5 Å². The van der Waals surface area contributed by atoms with Crippen LogP contribution in [-0.4, -0.2) is 33.4 Å². The number of carbonyl (C=O) groups is 1. The average Bonchev–Trinajstić information content (AvgIpc) is 3.23. The minimum atomic E-state index is -0.0787. The van der Waals surface area contributed by atoms with Crippen LogP contribution in [0.4, 0.5) is 0 Å². The highest BCUT2D eigenvalue weighted by molar-refractivity contribution is 7.99. The average molecular weight is 470 g/mol. The molecular weight excluding hydrogens is 453 g/mol. The quantitative estimate of drug-likeness (QED) is 0.237. The number of methoxy groups -OCH3 is 1. The molecule has 0 unspecified atom stereocenters. The van der Waals surface area contributed by atoms with E-state index in [-0.39, 0.29) is 11.5 Å². The highest BCUT2D eigenvalue weighted by Crippen LogP contribution is 2.33. The molecule has 0 fully saturated rings. The number of hydrogen-bond acceptors (Lipinski definition) is 5. The van der Waals surface area contributed by atoms with E-state index in [1.165, 1.54) is 11.8 Å². The van der Waals surface area contributed by atoms with Gasteiger partial charge in [0.15, 0.2) is 16.8 Å². The van der Waals surface area contributed by atoms with Crippen LogP contribution in [0.1, 0.15) is 10.4 Å². The number of ether oxygens (including phenoxy) is 1. The number of benzene rings is 3. The fourth-order valence-electron chi connectivity index (χ4n) is 3.06. The lowest BCUT2D eigenvalue weighted by Gasteiger charge is -2.12. The van der Waals surface area contributed by atoms with Gasteiger partial charge >= 0.3 is 0 Å². The molecule has 0 spiro atoms. The number of aromatic nitrogens is 3. The molecule has 0 bridgehead atoms. The van der Waals surface area contributed by atoms with E-state index in [1.54, 1.807) is 25.3 Å². The summed E-state index contributed by atoms with van der Waals surface area (Å²) in [4.78, 5) is 12.7. The maximum atomic E-state index is 12.7. The second-order valence-corrected chi connectivity index (χ2v) is 8.28. The van der Waals surface area contributed by atoms with Gasteiger partial charge in [0.25, 0.3) is 0 Å². The molecule has 0 N–H and O–H groups in total. The van der Waals surface area contributed by atoms with Crippen molar-refractivity contribution in [2.75, 3.05) is 12.9 Å². The molecule has 156 valence electrons. The van der Waals surface area contributed by atoms with Crippen molar-refractivity contribution in [2.45, 2.75) is 5.16 Å². The van der Waals surface area contributed by atoms with Gasteiger partial charge in [0, 0.05) is 11.3 Å². The Balaban J connectivity index is 1.69. The van der Waals surface area contributed by atoms with Crippen LogP contribution < -0.4 is 4.74 Å². The normalized spacial score (nSPS) is 10.8. The van der Waals surface area contributed by atoms with E-state index < -0.39 is 0 Å². The zero-order valence-corrected chi connectivity index (χ0v) is 18.8. The summed E-state index contributed by atoms with van der Waals surface area (Å²) in [7, 11) is 1.62. The van der Waals surface area contributed by atoms with Crippen LogP contribution in [0.2, 0.25) is 10.0 Å². The van der Waals surface area contributed by atoms with Crippen molar-refractivity contribution in [3.8, 4) is 22.8 Å². The lowest BCUT2D eigenvalue weighted by atomic mass is 10.1. The number of Topliss-reactive ketones (excluding diaryl/α,β-unsaturated/α-hetero) is 1. The van der Waals surface area contributed by atoms with Crippen molar-refractivity contribution in [1.82, 2.24) is 14.8 Å². The van der Waals surface area contributed by atoms with Crippen molar-refractivity contribution < 1.29 is 9.53 Å². The Hall–Kier alpha value is -2.80. The van der Waals surface area contributed by atoms with Crippen LogP contribution in [0, 0.1) is 0 Å². The Kier molecular flexibility index (Phi) is 6.61. The fraction of sp³-hybridized carbons (Fsp3) is 0.0870. The molecule has 5 nitrogen and oxygen atoms in total. The van der Waals surface area contributed by atoms with E-state index in [9.17, 15) is 4.79 Å². The molecule has 4 rings (SSSR count). The monoisotopic (exact) mass is 469 g/mol. The summed E-state index contributed by atoms with van der Waals surface area (Å²) in [5.74, 6) is 1.42. The largest absolute Gasteiger partial charge is 0.496 e. The van der Waals surface area contributed by atoms with Gasteiger partial charge in [-0.3, -0.25) is 9.36 Å². The maximum Gasteiger partial charge on any atom is 0.196 e. The molecule has 0 radical (unpaired) electrons. The molecule has 8 heteroatoms. The third-order valence-electron chi connectivity index (χ3n) is 4.57. The fourth-order valence-corrected chi connectivity index (χ4v) is 4.20. The van der Waals surface area contributed by atoms with Crippen LogP contribution in [0.5, 0.6) is 5.75 Å². The number of halogens is 2. The van der Waals surface area contributed by atoms with Crippen molar-refractivity contribution >= 4 is 40.7 Å².